The number of fused-ring (bicyclic) bond motifs is 1. The number of anilines is 1. The number of rotatable bonds is 8. The number of ketones is 1. The van der Waals surface area contributed by atoms with E-state index in [1.54, 1.807) is 23.1 Å². The van der Waals surface area contributed by atoms with E-state index in [0.29, 0.717) is 33.5 Å². The molecular weight excluding hydrogens is 512 g/mol. The average Bonchev–Trinajstić information content (AvgIpc) is 3.50. The molecular formula is C31H33FN3O3P. The normalized spacial score (nSPS) is 17.4. The maximum absolute atomic E-state index is 15.5. The Kier molecular flexibility index (Phi) is 7.55. The van der Waals surface area contributed by atoms with E-state index in [9.17, 15) is 9.59 Å². The highest BCUT2D eigenvalue weighted by molar-refractivity contribution is 7.27. The first kappa shape index (κ1) is 27.0. The highest BCUT2D eigenvalue weighted by Crippen LogP contribution is 2.41. The van der Waals surface area contributed by atoms with Crippen molar-refractivity contribution in [2.75, 3.05) is 18.6 Å². The summed E-state index contributed by atoms with van der Waals surface area (Å²) < 4.78 is 22.7. The van der Waals surface area contributed by atoms with Crippen molar-refractivity contribution in [1.82, 2.24) is 9.38 Å². The van der Waals surface area contributed by atoms with E-state index >= 15 is 4.39 Å². The molecule has 0 spiro atoms. The van der Waals surface area contributed by atoms with E-state index in [1.165, 1.54) is 13.2 Å². The minimum atomic E-state index is -0.731. The van der Waals surface area contributed by atoms with Crippen molar-refractivity contribution >= 4 is 37.6 Å². The Bertz CT molecular complexity index is 1520. The SMILES string of the molecule is CCc1ccc(C(=O)C[C@@H]2C(=O)N(c3cccn4cc(C(C)C)nc34)C[C@H]2c2c(F)cc(OC)cc2P)cc1. The van der Waals surface area contributed by atoms with E-state index in [2.05, 4.69) is 30.0 Å². The lowest BCUT2D eigenvalue weighted by Crippen LogP contribution is -2.28. The summed E-state index contributed by atoms with van der Waals surface area (Å²) in [7, 11) is 4.06. The van der Waals surface area contributed by atoms with Crippen LogP contribution in [0.4, 0.5) is 10.1 Å². The standard InChI is InChI=1S/C31H33FN3O3P/c1-5-19-8-10-20(11-9-19)27(36)15-22-23(29-24(32)13-21(38-4)14-28(29)39)16-35(31(22)37)26-7-6-12-34-17-25(18(2)3)33-30(26)34/h6-14,17-18,22-23H,5,15-16,39H2,1-4H3/t22-,23+/m0/s1. The van der Waals surface area contributed by atoms with Crippen molar-refractivity contribution in [1.29, 1.82) is 0 Å². The first-order chi connectivity index (χ1) is 18.7. The van der Waals surface area contributed by atoms with Gasteiger partial charge in [-0.2, -0.15) is 0 Å². The van der Waals surface area contributed by atoms with Gasteiger partial charge in [0.15, 0.2) is 11.4 Å². The molecule has 0 radical (unpaired) electrons. The maximum atomic E-state index is 15.5. The van der Waals surface area contributed by atoms with Gasteiger partial charge in [-0.15, -0.1) is 9.24 Å². The number of Topliss-reactive ketones (excluding diaryl/α,β-unsaturated/α-hetero) is 1. The molecule has 0 N–H and O–H groups in total. The van der Waals surface area contributed by atoms with Crippen molar-refractivity contribution in [2.45, 2.75) is 45.4 Å². The molecule has 39 heavy (non-hydrogen) atoms. The van der Waals surface area contributed by atoms with Crippen molar-refractivity contribution in [3.05, 3.63) is 89.1 Å². The van der Waals surface area contributed by atoms with Gasteiger partial charge in [-0.05, 0) is 41.4 Å². The molecule has 2 aromatic heterocycles. The predicted molar refractivity (Wildman–Crippen MR) is 155 cm³/mol. The van der Waals surface area contributed by atoms with Crippen LogP contribution in [0.5, 0.6) is 5.75 Å². The molecule has 4 aromatic rings. The zero-order chi connectivity index (χ0) is 27.8. The number of aromatic nitrogens is 2. The van der Waals surface area contributed by atoms with E-state index in [1.807, 2.05) is 41.1 Å². The van der Waals surface area contributed by atoms with Gasteiger partial charge in [0.25, 0.3) is 0 Å². The van der Waals surface area contributed by atoms with E-state index in [4.69, 9.17) is 9.72 Å². The molecule has 0 saturated carbocycles. The van der Waals surface area contributed by atoms with Gasteiger partial charge in [0.2, 0.25) is 5.91 Å². The predicted octanol–water partition coefficient (Wildman–Crippen LogP) is 5.69. The molecule has 3 atom stereocenters. The van der Waals surface area contributed by atoms with Gasteiger partial charge in [-0.25, -0.2) is 9.37 Å². The number of hydrogen-bond acceptors (Lipinski definition) is 4. The van der Waals surface area contributed by atoms with Gasteiger partial charge in [0.1, 0.15) is 11.6 Å². The summed E-state index contributed by atoms with van der Waals surface area (Å²) in [5.41, 5.74) is 4.33. The fourth-order valence-corrected chi connectivity index (χ4v) is 5.91. The Morgan fingerprint density at radius 3 is 2.59 bits per heavy atom. The Labute approximate surface area is 230 Å². The van der Waals surface area contributed by atoms with Gasteiger partial charge in [-0.1, -0.05) is 45.0 Å². The van der Waals surface area contributed by atoms with Crippen LogP contribution in [0.2, 0.25) is 0 Å². The lowest BCUT2D eigenvalue weighted by molar-refractivity contribution is -0.120. The van der Waals surface area contributed by atoms with Gasteiger partial charge in [0.05, 0.1) is 24.4 Å². The topological polar surface area (TPSA) is 63.9 Å². The molecule has 1 aliphatic rings. The largest absolute Gasteiger partial charge is 0.497 e. The number of methoxy groups -OCH3 is 1. The van der Waals surface area contributed by atoms with E-state index in [0.717, 1.165) is 17.7 Å². The Hall–Kier alpha value is -3.57. The third-order valence-electron chi connectivity index (χ3n) is 7.64. The second-order valence-electron chi connectivity index (χ2n) is 10.4. The molecule has 1 unspecified atom stereocenters. The monoisotopic (exact) mass is 545 g/mol. The summed E-state index contributed by atoms with van der Waals surface area (Å²) in [6.45, 7) is 6.43. The van der Waals surface area contributed by atoms with Crippen LogP contribution in [-0.2, 0) is 11.2 Å². The third-order valence-corrected chi connectivity index (χ3v) is 8.12. The number of carbonyl (C=O) groups is 2. The lowest BCUT2D eigenvalue weighted by atomic mass is 9.83. The van der Waals surface area contributed by atoms with Crippen molar-refractivity contribution < 1.29 is 18.7 Å². The summed E-state index contributed by atoms with van der Waals surface area (Å²) >= 11 is 0. The number of amides is 1. The smallest absolute Gasteiger partial charge is 0.231 e. The summed E-state index contributed by atoms with van der Waals surface area (Å²) in [6.07, 6.45) is 4.72. The summed E-state index contributed by atoms with van der Waals surface area (Å²) in [5.74, 6) is -1.44. The lowest BCUT2D eigenvalue weighted by Gasteiger charge is -2.20. The van der Waals surface area contributed by atoms with Crippen LogP contribution in [0, 0.1) is 11.7 Å². The molecule has 6 nitrogen and oxygen atoms in total. The molecule has 0 aliphatic carbocycles. The molecule has 8 heteroatoms. The minimum absolute atomic E-state index is 0.0180. The molecule has 0 bridgehead atoms. The summed E-state index contributed by atoms with van der Waals surface area (Å²) in [5, 5.41) is 0.609. The molecule has 1 saturated heterocycles. The minimum Gasteiger partial charge on any atom is -0.497 e. The Morgan fingerprint density at radius 2 is 1.95 bits per heavy atom. The number of imidazole rings is 1. The van der Waals surface area contributed by atoms with Crippen molar-refractivity contribution in [2.24, 2.45) is 5.92 Å². The Morgan fingerprint density at radius 1 is 1.21 bits per heavy atom. The highest BCUT2D eigenvalue weighted by Gasteiger charge is 2.45. The van der Waals surface area contributed by atoms with Crippen LogP contribution < -0.4 is 14.9 Å². The second kappa shape index (κ2) is 10.9. The highest BCUT2D eigenvalue weighted by atomic mass is 31.0. The summed E-state index contributed by atoms with van der Waals surface area (Å²) in [6, 6.07) is 14.3. The van der Waals surface area contributed by atoms with Crippen molar-refractivity contribution in [3.63, 3.8) is 0 Å². The average molecular weight is 546 g/mol. The Balaban J connectivity index is 1.57. The maximum Gasteiger partial charge on any atom is 0.231 e. The van der Waals surface area contributed by atoms with Gasteiger partial charge < -0.3 is 14.0 Å². The zero-order valence-electron chi connectivity index (χ0n) is 22.6. The first-order valence-corrected chi connectivity index (χ1v) is 13.8. The van der Waals surface area contributed by atoms with E-state index in [-0.39, 0.29) is 30.6 Å². The molecule has 1 fully saturated rings. The van der Waals surface area contributed by atoms with Crippen LogP contribution in [-0.4, -0.2) is 34.7 Å². The first-order valence-electron chi connectivity index (χ1n) is 13.3. The summed E-state index contributed by atoms with van der Waals surface area (Å²) in [4.78, 5) is 34.0. The second-order valence-corrected chi connectivity index (χ2v) is 11.0. The van der Waals surface area contributed by atoms with Gasteiger partial charge in [-0.3, -0.25) is 9.59 Å². The van der Waals surface area contributed by atoms with E-state index < -0.39 is 17.7 Å². The number of carbonyl (C=O) groups excluding carboxylic acids is 2. The third kappa shape index (κ3) is 5.08. The number of aryl methyl sites for hydroxylation is 1. The molecule has 5 rings (SSSR count). The molecule has 1 aliphatic heterocycles. The van der Waals surface area contributed by atoms with Crippen LogP contribution in [0.25, 0.3) is 5.65 Å². The number of nitrogens with zero attached hydrogens (tertiary/aromatic N) is 3. The van der Waals surface area contributed by atoms with Crippen LogP contribution in [0.15, 0.2) is 60.9 Å². The number of hydrogen-bond donors (Lipinski definition) is 0. The van der Waals surface area contributed by atoms with Crippen LogP contribution >= 0.6 is 9.24 Å². The number of halogens is 1. The van der Waals surface area contributed by atoms with Gasteiger partial charge >= 0.3 is 0 Å². The number of pyridine rings is 1. The molecule has 2 aromatic carbocycles. The quantitative estimate of drug-likeness (QED) is 0.211. The zero-order valence-corrected chi connectivity index (χ0v) is 23.8. The molecule has 3 heterocycles. The fourth-order valence-electron chi connectivity index (χ4n) is 5.40. The number of ether oxygens (including phenoxy) is 1. The fraction of sp³-hybridized carbons (Fsp3) is 0.323. The number of benzene rings is 2. The molecule has 1 amide bonds. The van der Waals surface area contributed by atoms with Crippen LogP contribution in [0.3, 0.4) is 0 Å². The van der Waals surface area contributed by atoms with Crippen LogP contribution in [0.1, 0.15) is 66.2 Å². The molecule has 202 valence electrons. The van der Waals surface area contributed by atoms with Crippen molar-refractivity contribution in [3.8, 4) is 5.75 Å². The van der Waals surface area contributed by atoms with Gasteiger partial charge in [0, 0.05) is 48.5 Å².